The summed E-state index contributed by atoms with van der Waals surface area (Å²) in [5, 5.41) is 5.64. The van der Waals surface area contributed by atoms with E-state index in [-0.39, 0.29) is 11.9 Å². The van der Waals surface area contributed by atoms with Gasteiger partial charge in [-0.25, -0.2) is 4.79 Å². The predicted octanol–water partition coefficient (Wildman–Crippen LogP) is 3.53. The van der Waals surface area contributed by atoms with Crippen LogP contribution in [0.5, 0.6) is 5.75 Å². The minimum Gasteiger partial charge on any atom is -0.497 e. The summed E-state index contributed by atoms with van der Waals surface area (Å²) in [6.45, 7) is 3.13. The molecule has 1 fully saturated rings. The van der Waals surface area contributed by atoms with Gasteiger partial charge >= 0.3 is 6.03 Å². The molecule has 0 saturated carbocycles. The summed E-state index contributed by atoms with van der Waals surface area (Å²) in [6.07, 6.45) is 1.56. The highest BCUT2D eigenvalue weighted by atomic mass is 16.5. The average molecular weight is 367 g/mol. The third kappa shape index (κ3) is 5.00. The van der Waals surface area contributed by atoms with Gasteiger partial charge in [-0.05, 0) is 48.7 Å². The van der Waals surface area contributed by atoms with Crippen molar-refractivity contribution in [1.82, 2.24) is 10.2 Å². The van der Waals surface area contributed by atoms with Gasteiger partial charge in [0.1, 0.15) is 5.75 Å². The zero-order valence-electron chi connectivity index (χ0n) is 15.7. The second-order valence-corrected chi connectivity index (χ2v) is 6.76. The first-order valence-electron chi connectivity index (χ1n) is 9.11. The van der Waals surface area contributed by atoms with E-state index in [1.54, 1.807) is 7.11 Å². The Morgan fingerprint density at radius 3 is 2.37 bits per heavy atom. The van der Waals surface area contributed by atoms with Gasteiger partial charge in [-0.1, -0.05) is 24.3 Å². The quantitative estimate of drug-likeness (QED) is 0.821. The standard InChI is InChI=1S/C21H25N3O3/c1-15-3-12-20(25)24(15)14-17-4-8-18(9-5-17)23-21(26)22-13-16-6-10-19(27-2)11-7-16/h4-11,15H,3,12-14H2,1-2H3,(H2,22,23,26)/t15-/m1/s1. The van der Waals surface area contributed by atoms with Crippen molar-refractivity contribution >= 4 is 17.6 Å². The molecule has 2 N–H and O–H groups in total. The van der Waals surface area contributed by atoms with E-state index in [0.717, 1.165) is 23.3 Å². The number of likely N-dealkylation sites (tertiary alicyclic amines) is 1. The molecule has 1 heterocycles. The molecular formula is C21H25N3O3. The number of nitrogens with one attached hydrogen (secondary N) is 2. The molecule has 0 spiro atoms. The Balaban J connectivity index is 1.48. The SMILES string of the molecule is COc1ccc(CNC(=O)Nc2ccc(CN3C(=O)CC[C@H]3C)cc2)cc1. The maximum Gasteiger partial charge on any atom is 0.319 e. The van der Waals surface area contributed by atoms with E-state index in [1.165, 1.54) is 0 Å². The van der Waals surface area contributed by atoms with Crippen LogP contribution in [0.2, 0.25) is 0 Å². The molecular weight excluding hydrogens is 342 g/mol. The normalized spacial score (nSPS) is 16.3. The number of carbonyl (C=O) groups excluding carboxylic acids is 2. The van der Waals surface area contributed by atoms with Gasteiger partial charge in [0.25, 0.3) is 0 Å². The van der Waals surface area contributed by atoms with E-state index < -0.39 is 0 Å². The van der Waals surface area contributed by atoms with Gasteiger partial charge in [-0.15, -0.1) is 0 Å². The Morgan fingerprint density at radius 2 is 1.78 bits per heavy atom. The first-order chi connectivity index (χ1) is 13.0. The Bertz CT molecular complexity index is 787. The lowest BCUT2D eigenvalue weighted by Gasteiger charge is -2.21. The summed E-state index contributed by atoms with van der Waals surface area (Å²) >= 11 is 0. The molecule has 0 aromatic heterocycles. The van der Waals surface area contributed by atoms with E-state index >= 15 is 0 Å². The fourth-order valence-electron chi connectivity index (χ4n) is 3.11. The number of amides is 3. The molecule has 2 aromatic rings. The lowest BCUT2D eigenvalue weighted by Crippen LogP contribution is -2.30. The van der Waals surface area contributed by atoms with Crippen LogP contribution in [0.3, 0.4) is 0 Å². The summed E-state index contributed by atoms with van der Waals surface area (Å²) in [4.78, 5) is 25.8. The molecule has 1 aliphatic heterocycles. The van der Waals surface area contributed by atoms with Crippen LogP contribution in [0.25, 0.3) is 0 Å². The van der Waals surface area contributed by atoms with E-state index in [9.17, 15) is 9.59 Å². The van der Waals surface area contributed by atoms with E-state index in [0.29, 0.717) is 31.2 Å². The number of hydrogen-bond donors (Lipinski definition) is 2. The predicted molar refractivity (Wildman–Crippen MR) is 105 cm³/mol. The van der Waals surface area contributed by atoms with Crippen LogP contribution in [0.1, 0.15) is 30.9 Å². The summed E-state index contributed by atoms with van der Waals surface area (Å²) in [5.41, 5.74) is 2.76. The topological polar surface area (TPSA) is 70.7 Å². The maximum atomic E-state index is 12.1. The summed E-state index contributed by atoms with van der Waals surface area (Å²) < 4.78 is 5.12. The molecule has 0 bridgehead atoms. The number of benzene rings is 2. The lowest BCUT2D eigenvalue weighted by molar-refractivity contribution is -0.129. The minimum atomic E-state index is -0.262. The largest absolute Gasteiger partial charge is 0.497 e. The zero-order chi connectivity index (χ0) is 19.2. The van der Waals surface area contributed by atoms with Crippen molar-refractivity contribution in [3.8, 4) is 5.75 Å². The number of ether oxygens (including phenoxy) is 1. The van der Waals surface area contributed by atoms with Crippen LogP contribution in [0.4, 0.5) is 10.5 Å². The Kier molecular flexibility index (Phi) is 5.96. The molecule has 0 aliphatic carbocycles. The van der Waals surface area contributed by atoms with Crippen LogP contribution >= 0.6 is 0 Å². The number of anilines is 1. The minimum absolute atomic E-state index is 0.211. The van der Waals surface area contributed by atoms with Gasteiger partial charge in [-0.3, -0.25) is 4.79 Å². The molecule has 27 heavy (non-hydrogen) atoms. The van der Waals surface area contributed by atoms with E-state index in [4.69, 9.17) is 4.74 Å². The van der Waals surface area contributed by atoms with Crippen LogP contribution in [0, 0.1) is 0 Å². The average Bonchev–Trinajstić information content (AvgIpc) is 3.00. The molecule has 142 valence electrons. The van der Waals surface area contributed by atoms with Crippen LogP contribution in [0.15, 0.2) is 48.5 Å². The van der Waals surface area contributed by atoms with Crippen LogP contribution in [-0.4, -0.2) is 30.0 Å². The Hall–Kier alpha value is -3.02. The zero-order valence-corrected chi connectivity index (χ0v) is 15.7. The lowest BCUT2D eigenvalue weighted by atomic mass is 10.2. The first-order valence-corrected chi connectivity index (χ1v) is 9.11. The van der Waals surface area contributed by atoms with Crippen LogP contribution in [-0.2, 0) is 17.9 Å². The molecule has 1 saturated heterocycles. The van der Waals surface area contributed by atoms with Gasteiger partial charge in [-0.2, -0.15) is 0 Å². The number of carbonyl (C=O) groups is 2. The number of methoxy groups -OCH3 is 1. The molecule has 2 aromatic carbocycles. The molecule has 0 radical (unpaired) electrons. The van der Waals surface area contributed by atoms with Crippen molar-refractivity contribution in [3.05, 3.63) is 59.7 Å². The molecule has 0 unspecified atom stereocenters. The van der Waals surface area contributed by atoms with Gasteiger partial charge in [0.05, 0.1) is 7.11 Å². The molecule has 3 rings (SSSR count). The third-order valence-corrected chi connectivity index (χ3v) is 4.81. The smallest absolute Gasteiger partial charge is 0.319 e. The number of urea groups is 1. The summed E-state index contributed by atoms with van der Waals surface area (Å²) in [6, 6.07) is 15.2. The maximum absolute atomic E-state index is 12.1. The fourth-order valence-corrected chi connectivity index (χ4v) is 3.11. The molecule has 6 heteroatoms. The van der Waals surface area contributed by atoms with Gasteiger partial charge in [0.2, 0.25) is 5.91 Å². The molecule has 1 aliphatic rings. The van der Waals surface area contributed by atoms with E-state index in [1.807, 2.05) is 53.4 Å². The molecule has 1 atom stereocenters. The summed E-state index contributed by atoms with van der Waals surface area (Å²) in [7, 11) is 1.62. The second kappa shape index (κ2) is 8.58. The first kappa shape index (κ1) is 18.8. The van der Waals surface area contributed by atoms with Gasteiger partial charge < -0.3 is 20.3 Å². The molecule has 3 amide bonds. The molecule has 6 nitrogen and oxygen atoms in total. The Morgan fingerprint density at radius 1 is 1.11 bits per heavy atom. The van der Waals surface area contributed by atoms with Gasteiger partial charge in [0, 0.05) is 31.2 Å². The third-order valence-electron chi connectivity index (χ3n) is 4.81. The van der Waals surface area contributed by atoms with E-state index in [2.05, 4.69) is 17.6 Å². The monoisotopic (exact) mass is 367 g/mol. The van der Waals surface area contributed by atoms with Crippen molar-refractivity contribution in [2.75, 3.05) is 12.4 Å². The van der Waals surface area contributed by atoms with Crippen molar-refractivity contribution in [1.29, 1.82) is 0 Å². The van der Waals surface area contributed by atoms with Crippen molar-refractivity contribution in [2.45, 2.75) is 38.9 Å². The second-order valence-electron chi connectivity index (χ2n) is 6.76. The van der Waals surface area contributed by atoms with Crippen molar-refractivity contribution in [3.63, 3.8) is 0 Å². The van der Waals surface area contributed by atoms with Crippen LogP contribution < -0.4 is 15.4 Å². The van der Waals surface area contributed by atoms with Gasteiger partial charge in [0.15, 0.2) is 0 Å². The number of rotatable bonds is 6. The number of hydrogen-bond acceptors (Lipinski definition) is 3. The highest BCUT2D eigenvalue weighted by molar-refractivity contribution is 5.89. The van der Waals surface area contributed by atoms with Crippen molar-refractivity contribution < 1.29 is 14.3 Å². The fraction of sp³-hybridized carbons (Fsp3) is 0.333. The van der Waals surface area contributed by atoms with Crippen molar-refractivity contribution in [2.24, 2.45) is 0 Å². The summed E-state index contributed by atoms with van der Waals surface area (Å²) in [5.74, 6) is 0.996. The highest BCUT2D eigenvalue weighted by Gasteiger charge is 2.27. The number of nitrogens with zero attached hydrogens (tertiary/aromatic N) is 1. The highest BCUT2D eigenvalue weighted by Crippen LogP contribution is 2.21. The Labute approximate surface area is 159 Å².